The van der Waals surface area contributed by atoms with Crippen molar-refractivity contribution in [1.29, 1.82) is 0 Å². The summed E-state index contributed by atoms with van der Waals surface area (Å²) in [5.41, 5.74) is 2.64. The van der Waals surface area contributed by atoms with E-state index in [0.29, 0.717) is 24.0 Å². The average Bonchev–Trinajstić information content (AvgIpc) is 3.40. The van der Waals surface area contributed by atoms with Crippen molar-refractivity contribution in [3.8, 4) is 0 Å². The predicted molar refractivity (Wildman–Crippen MR) is 132 cm³/mol. The summed E-state index contributed by atoms with van der Waals surface area (Å²) in [7, 11) is 0. The van der Waals surface area contributed by atoms with Crippen molar-refractivity contribution >= 4 is 17.5 Å². The summed E-state index contributed by atoms with van der Waals surface area (Å²) in [6.45, 7) is 9.01. The summed E-state index contributed by atoms with van der Waals surface area (Å²) in [5, 5.41) is 0. The smallest absolute Gasteiger partial charge is 0.225 e. The molecule has 180 valence electrons. The fourth-order valence-corrected chi connectivity index (χ4v) is 7.25. The Hall–Kier alpha value is -1.88. The normalized spacial score (nSPS) is 30.1. The van der Waals surface area contributed by atoms with E-state index in [1.807, 2.05) is 4.90 Å². The number of carbonyl (C=O) groups excluding carboxylic acids is 2. The van der Waals surface area contributed by atoms with Gasteiger partial charge in [0.15, 0.2) is 0 Å². The first-order valence-corrected chi connectivity index (χ1v) is 13.4. The molecule has 4 aliphatic rings. The van der Waals surface area contributed by atoms with E-state index in [9.17, 15) is 9.59 Å². The van der Waals surface area contributed by atoms with Crippen LogP contribution in [0.25, 0.3) is 0 Å². The van der Waals surface area contributed by atoms with Gasteiger partial charge in [-0.15, -0.1) is 0 Å². The molecule has 4 aliphatic heterocycles. The largest absolute Gasteiger partial charge is 0.337 e. The summed E-state index contributed by atoms with van der Waals surface area (Å²) in [5.74, 6) is 0.720. The predicted octanol–water partition coefficient (Wildman–Crippen LogP) is 4.74. The van der Waals surface area contributed by atoms with Crippen molar-refractivity contribution in [3.63, 3.8) is 0 Å². The lowest BCUT2D eigenvalue weighted by Crippen LogP contribution is -2.51. The third kappa shape index (κ3) is 4.00. The maximum absolute atomic E-state index is 13.0. The number of fused-ring (bicyclic) bond motifs is 4. The van der Waals surface area contributed by atoms with Gasteiger partial charge in [-0.05, 0) is 82.5 Å². The highest BCUT2D eigenvalue weighted by Gasteiger charge is 2.47. The number of hydrogen-bond acceptors (Lipinski definition) is 3. The summed E-state index contributed by atoms with van der Waals surface area (Å²) >= 11 is 0. The van der Waals surface area contributed by atoms with Crippen LogP contribution in [0.15, 0.2) is 24.3 Å². The van der Waals surface area contributed by atoms with Crippen molar-refractivity contribution in [2.24, 2.45) is 5.92 Å². The van der Waals surface area contributed by atoms with Crippen LogP contribution in [0.2, 0.25) is 0 Å². The molecule has 5 rings (SSSR count). The fraction of sp³-hybridized carbons (Fsp3) is 0.714. The van der Waals surface area contributed by atoms with Gasteiger partial charge < -0.3 is 14.7 Å². The van der Waals surface area contributed by atoms with E-state index >= 15 is 0 Å². The van der Waals surface area contributed by atoms with Crippen LogP contribution < -0.4 is 4.90 Å². The summed E-state index contributed by atoms with van der Waals surface area (Å²) in [6.07, 6.45) is 10.3. The molecule has 4 heterocycles. The highest BCUT2D eigenvalue weighted by molar-refractivity contribution is 5.94. The molecular formula is C28H41N3O2. The molecule has 3 atom stereocenters. The summed E-state index contributed by atoms with van der Waals surface area (Å²) in [4.78, 5) is 32.4. The molecule has 1 spiro atoms. The Kier molecular flexibility index (Phi) is 6.28. The molecule has 33 heavy (non-hydrogen) atoms. The number of anilines is 1. The van der Waals surface area contributed by atoms with E-state index in [2.05, 4.69) is 47.9 Å². The first-order chi connectivity index (χ1) is 15.9. The van der Waals surface area contributed by atoms with Gasteiger partial charge in [-0.25, -0.2) is 0 Å². The number of para-hydroxylation sites is 1. The lowest BCUT2D eigenvalue weighted by molar-refractivity contribution is -0.139. The van der Waals surface area contributed by atoms with E-state index in [4.69, 9.17) is 0 Å². The van der Waals surface area contributed by atoms with Gasteiger partial charge in [-0.2, -0.15) is 0 Å². The van der Waals surface area contributed by atoms with Crippen molar-refractivity contribution in [2.45, 2.75) is 102 Å². The number of likely N-dealkylation sites (tertiary alicyclic amines) is 1. The topological polar surface area (TPSA) is 43.9 Å². The Morgan fingerprint density at radius 3 is 2.12 bits per heavy atom. The van der Waals surface area contributed by atoms with Gasteiger partial charge in [0.1, 0.15) is 0 Å². The molecule has 2 amide bonds. The van der Waals surface area contributed by atoms with E-state index < -0.39 is 0 Å². The Labute approximate surface area is 199 Å². The van der Waals surface area contributed by atoms with Gasteiger partial charge in [-0.3, -0.25) is 9.59 Å². The standard InChI is InChI=1S/C28H41N3O2/c1-4-20(2)27(33)31-23-11-9-22(10-12-24(31)14-13-23)29-17-15-28(16-18-29)19-30(21(3)32)26-8-6-5-7-25(26)28/h5-8,20,22-24H,4,9-19H2,1-3H3. The molecule has 0 aromatic heterocycles. The van der Waals surface area contributed by atoms with Gasteiger partial charge in [0, 0.05) is 48.6 Å². The molecule has 1 aromatic rings. The first-order valence-electron chi connectivity index (χ1n) is 13.4. The van der Waals surface area contributed by atoms with Crippen LogP contribution >= 0.6 is 0 Å². The Morgan fingerprint density at radius 1 is 0.970 bits per heavy atom. The van der Waals surface area contributed by atoms with Gasteiger partial charge in [0.25, 0.3) is 0 Å². The van der Waals surface area contributed by atoms with Gasteiger partial charge in [0.2, 0.25) is 11.8 Å². The second kappa shape index (κ2) is 9.05. The Balaban J connectivity index is 1.24. The molecule has 3 fully saturated rings. The maximum Gasteiger partial charge on any atom is 0.225 e. The number of rotatable bonds is 3. The quantitative estimate of drug-likeness (QED) is 0.667. The van der Waals surface area contributed by atoms with E-state index in [1.54, 1.807) is 6.92 Å². The highest BCUT2D eigenvalue weighted by atomic mass is 16.2. The molecule has 5 heteroatoms. The molecule has 0 radical (unpaired) electrons. The molecule has 0 N–H and O–H groups in total. The molecule has 3 unspecified atom stereocenters. The second-order valence-electron chi connectivity index (χ2n) is 11.2. The third-order valence-corrected chi connectivity index (χ3v) is 9.45. The van der Waals surface area contributed by atoms with Gasteiger partial charge >= 0.3 is 0 Å². The highest BCUT2D eigenvalue weighted by Crippen LogP contribution is 2.47. The average molecular weight is 452 g/mol. The van der Waals surface area contributed by atoms with Crippen molar-refractivity contribution in [3.05, 3.63) is 29.8 Å². The zero-order chi connectivity index (χ0) is 23.2. The van der Waals surface area contributed by atoms with E-state index in [-0.39, 0.29) is 17.2 Å². The number of hydrogen-bond donors (Lipinski definition) is 0. The van der Waals surface area contributed by atoms with E-state index in [0.717, 1.165) is 57.4 Å². The van der Waals surface area contributed by atoms with Crippen LogP contribution in [0.3, 0.4) is 0 Å². The number of amides is 2. The molecule has 0 aliphatic carbocycles. The van der Waals surface area contributed by atoms with Crippen LogP contribution in [-0.4, -0.2) is 59.4 Å². The van der Waals surface area contributed by atoms with Crippen molar-refractivity contribution < 1.29 is 9.59 Å². The minimum Gasteiger partial charge on any atom is -0.337 e. The SMILES string of the molecule is CCC(C)C(=O)N1C2CCC(N3CCC4(CC3)CN(C(C)=O)c3ccccc34)CCC1CC2. The number of benzene rings is 1. The summed E-state index contributed by atoms with van der Waals surface area (Å²) < 4.78 is 0. The Bertz CT molecular complexity index is 875. The first kappa shape index (κ1) is 22.9. The van der Waals surface area contributed by atoms with Crippen LogP contribution in [0, 0.1) is 5.92 Å². The minimum absolute atomic E-state index is 0.124. The zero-order valence-electron chi connectivity index (χ0n) is 20.8. The maximum atomic E-state index is 13.0. The summed E-state index contributed by atoms with van der Waals surface area (Å²) in [6, 6.07) is 10.1. The van der Waals surface area contributed by atoms with E-state index in [1.165, 1.54) is 31.2 Å². The molecule has 5 nitrogen and oxygen atoms in total. The van der Waals surface area contributed by atoms with Gasteiger partial charge in [-0.1, -0.05) is 32.0 Å². The number of nitrogens with zero attached hydrogens (tertiary/aromatic N) is 3. The third-order valence-electron chi connectivity index (χ3n) is 9.45. The molecular weight excluding hydrogens is 410 g/mol. The van der Waals surface area contributed by atoms with Crippen LogP contribution in [0.5, 0.6) is 0 Å². The van der Waals surface area contributed by atoms with Crippen molar-refractivity contribution in [2.75, 3.05) is 24.5 Å². The van der Waals surface area contributed by atoms with Crippen LogP contribution in [0.4, 0.5) is 5.69 Å². The molecule has 2 bridgehead atoms. The monoisotopic (exact) mass is 451 g/mol. The van der Waals surface area contributed by atoms with Gasteiger partial charge in [0.05, 0.1) is 0 Å². The zero-order valence-corrected chi connectivity index (χ0v) is 20.8. The van der Waals surface area contributed by atoms with Crippen LogP contribution in [-0.2, 0) is 15.0 Å². The number of piperidine rings is 1. The molecule has 1 aromatic carbocycles. The Morgan fingerprint density at radius 2 is 1.55 bits per heavy atom. The van der Waals surface area contributed by atoms with Crippen LogP contribution in [0.1, 0.15) is 84.1 Å². The lowest BCUT2D eigenvalue weighted by atomic mass is 9.74. The minimum atomic E-state index is 0.124. The molecule has 3 saturated heterocycles. The van der Waals surface area contributed by atoms with Crippen molar-refractivity contribution in [1.82, 2.24) is 9.80 Å². The molecule has 0 saturated carbocycles. The lowest BCUT2D eigenvalue weighted by Gasteiger charge is -2.45. The second-order valence-corrected chi connectivity index (χ2v) is 11.2. The fourth-order valence-electron chi connectivity index (χ4n) is 7.25. The number of carbonyl (C=O) groups is 2.